The quantitative estimate of drug-likeness (QED) is 0.373. The van der Waals surface area contributed by atoms with E-state index >= 15 is 0 Å². The Morgan fingerprint density at radius 2 is 1.76 bits per heavy atom. The fourth-order valence-corrected chi connectivity index (χ4v) is 7.37. The van der Waals surface area contributed by atoms with Crippen LogP contribution in [0.4, 0.5) is 0 Å². The van der Waals surface area contributed by atoms with E-state index in [2.05, 4.69) is 39.5 Å². The standard InChI is InChI=1S/C28H48O5/c1-20(2)8-7-9-25(33-19-31-6)26-23-11-10-21-16-22(32-18-30-5)12-15-28(21,4)24(23)13-14-27(26,3)17-29/h20-26,29H,8,10-19H2,1-6H3/t21-,22-,23+,24-,25-,26-,27+,28-/m0/s1. The van der Waals surface area contributed by atoms with Crippen LogP contribution in [-0.2, 0) is 18.9 Å². The third kappa shape index (κ3) is 5.96. The van der Waals surface area contributed by atoms with Crippen molar-refractivity contribution in [2.45, 2.75) is 91.3 Å². The second-order valence-electron chi connectivity index (χ2n) is 11.8. The molecule has 0 unspecified atom stereocenters. The van der Waals surface area contributed by atoms with Crippen molar-refractivity contribution in [1.82, 2.24) is 0 Å². The zero-order chi connectivity index (χ0) is 24.1. The summed E-state index contributed by atoms with van der Waals surface area (Å²) in [6.07, 6.45) is 9.06. The molecule has 33 heavy (non-hydrogen) atoms. The summed E-state index contributed by atoms with van der Waals surface area (Å²) in [6, 6.07) is 0. The topological polar surface area (TPSA) is 57.2 Å². The van der Waals surface area contributed by atoms with E-state index in [0.717, 1.165) is 25.7 Å². The van der Waals surface area contributed by atoms with Gasteiger partial charge in [0.05, 0.1) is 6.10 Å². The third-order valence-electron chi connectivity index (χ3n) is 9.22. The van der Waals surface area contributed by atoms with Gasteiger partial charge in [-0.2, -0.15) is 0 Å². The lowest BCUT2D eigenvalue weighted by Crippen LogP contribution is -2.57. The van der Waals surface area contributed by atoms with Crippen LogP contribution in [-0.4, -0.2) is 51.7 Å². The molecule has 0 saturated heterocycles. The molecule has 5 nitrogen and oxygen atoms in total. The molecule has 0 radical (unpaired) electrons. The van der Waals surface area contributed by atoms with E-state index in [1.54, 1.807) is 14.2 Å². The summed E-state index contributed by atoms with van der Waals surface area (Å²) in [7, 11) is 3.37. The molecule has 0 heterocycles. The first-order chi connectivity index (χ1) is 15.8. The lowest BCUT2D eigenvalue weighted by atomic mass is 9.44. The number of aliphatic hydroxyl groups is 1. The molecule has 1 N–H and O–H groups in total. The maximum Gasteiger partial charge on any atom is 0.148 e. The monoisotopic (exact) mass is 464 g/mol. The molecule has 8 atom stereocenters. The average Bonchev–Trinajstić information content (AvgIpc) is 2.79. The summed E-state index contributed by atoms with van der Waals surface area (Å²) in [6.45, 7) is 10.0. The van der Waals surface area contributed by atoms with E-state index in [9.17, 15) is 5.11 Å². The Labute approximate surface area is 202 Å². The van der Waals surface area contributed by atoms with Gasteiger partial charge >= 0.3 is 0 Å². The molecule has 3 aliphatic carbocycles. The summed E-state index contributed by atoms with van der Waals surface area (Å²) in [5.41, 5.74) is 0.149. The van der Waals surface area contributed by atoms with Crippen LogP contribution >= 0.6 is 0 Å². The number of rotatable bonds is 9. The van der Waals surface area contributed by atoms with Crippen molar-refractivity contribution in [3.63, 3.8) is 0 Å². The van der Waals surface area contributed by atoms with E-state index in [4.69, 9.17) is 18.9 Å². The molecule has 0 spiro atoms. The predicted molar refractivity (Wildman–Crippen MR) is 130 cm³/mol. The lowest BCUT2D eigenvalue weighted by Gasteiger charge is -2.61. The third-order valence-corrected chi connectivity index (χ3v) is 9.22. The van der Waals surface area contributed by atoms with Crippen LogP contribution in [0.2, 0.25) is 0 Å². The molecule has 3 saturated carbocycles. The molecule has 3 aliphatic rings. The smallest absolute Gasteiger partial charge is 0.148 e. The summed E-state index contributed by atoms with van der Waals surface area (Å²) in [5, 5.41) is 10.5. The van der Waals surface area contributed by atoms with E-state index in [-0.39, 0.29) is 30.8 Å². The van der Waals surface area contributed by atoms with Crippen LogP contribution in [0.3, 0.4) is 0 Å². The Kier molecular flexibility index (Phi) is 9.69. The van der Waals surface area contributed by atoms with Crippen molar-refractivity contribution < 1.29 is 24.1 Å². The fourth-order valence-electron chi connectivity index (χ4n) is 7.37. The predicted octanol–water partition coefficient (Wildman–Crippen LogP) is 5.26. The number of aliphatic hydroxyl groups excluding tert-OH is 1. The largest absolute Gasteiger partial charge is 0.396 e. The van der Waals surface area contributed by atoms with Crippen LogP contribution < -0.4 is 0 Å². The second-order valence-corrected chi connectivity index (χ2v) is 11.8. The van der Waals surface area contributed by atoms with Crippen molar-refractivity contribution in [3.8, 4) is 11.8 Å². The Balaban J connectivity index is 1.86. The molecule has 0 aliphatic heterocycles. The molecule has 0 aromatic rings. The molecular weight excluding hydrogens is 416 g/mol. The number of ether oxygens (including phenoxy) is 4. The SMILES string of the molecule is COCO[C@H]1CC[C@@]2(C)[C@@H](CC[C@H]3[C@@H]([C@H](C#CCC(C)C)OCOC)[C@@](C)(CO)CC[C@@H]32)C1. The highest BCUT2D eigenvalue weighted by Gasteiger charge is 2.58. The van der Waals surface area contributed by atoms with Gasteiger partial charge in [-0.05, 0) is 79.4 Å². The summed E-state index contributed by atoms with van der Waals surface area (Å²) in [5.74, 6) is 9.50. The van der Waals surface area contributed by atoms with Gasteiger partial charge in [0.25, 0.3) is 0 Å². The molecule has 190 valence electrons. The maximum atomic E-state index is 10.5. The van der Waals surface area contributed by atoms with E-state index in [0.29, 0.717) is 42.0 Å². The van der Waals surface area contributed by atoms with Crippen molar-refractivity contribution in [2.24, 2.45) is 40.4 Å². The first kappa shape index (κ1) is 27.0. The molecule has 0 amide bonds. The normalized spacial score (nSPS) is 39.3. The van der Waals surface area contributed by atoms with Gasteiger partial charge in [-0.15, -0.1) is 5.92 Å². The van der Waals surface area contributed by atoms with Crippen LogP contribution in [0.25, 0.3) is 0 Å². The zero-order valence-electron chi connectivity index (χ0n) is 21.9. The minimum Gasteiger partial charge on any atom is -0.396 e. The molecule has 0 bridgehead atoms. The van der Waals surface area contributed by atoms with E-state index < -0.39 is 0 Å². The zero-order valence-corrected chi connectivity index (χ0v) is 21.9. The van der Waals surface area contributed by atoms with Gasteiger partial charge in [0, 0.05) is 33.2 Å². The minimum absolute atomic E-state index is 0.173. The van der Waals surface area contributed by atoms with Gasteiger partial charge in [-0.1, -0.05) is 33.6 Å². The van der Waals surface area contributed by atoms with Crippen LogP contribution in [0.1, 0.15) is 79.1 Å². The van der Waals surface area contributed by atoms with E-state index in [1.165, 1.54) is 25.7 Å². The highest BCUT2D eigenvalue weighted by molar-refractivity contribution is 5.15. The summed E-state index contributed by atoms with van der Waals surface area (Å²) >= 11 is 0. The van der Waals surface area contributed by atoms with Gasteiger partial charge < -0.3 is 24.1 Å². The van der Waals surface area contributed by atoms with Crippen molar-refractivity contribution in [3.05, 3.63) is 0 Å². The number of hydrogen-bond acceptors (Lipinski definition) is 5. The van der Waals surface area contributed by atoms with Crippen LogP contribution in [0.15, 0.2) is 0 Å². The maximum absolute atomic E-state index is 10.5. The molecule has 0 aromatic heterocycles. The highest BCUT2D eigenvalue weighted by Crippen LogP contribution is 2.63. The summed E-state index contributed by atoms with van der Waals surface area (Å²) < 4.78 is 22.7. The van der Waals surface area contributed by atoms with Gasteiger partial charge in [0.2, 0.25) is 0 Å². The van der Waals surface area contributed by atoms with Gasteiger partial charge in [0.15, 0.2) is 0 Å². The van der Waals surface area contributed by atoms with Gasteiger partial charge in [0.1, 0.15) is 19.7 Å². The van der Waals surface area contributed by atoms with Crippen LogP contribution in [0.5, 0.6) is 0 Å². The minimum atomic E-state index is -0.199. The number of methoxy groups -OCH3 is 2. The Hall–Kier alpha value is -0.640. The number of fused-ring (bicyclic) bond motifs is 3. The second kappa shape index (κ2) is 11.9. The molecule has 5 heteroatoms. The molecule has 0 aromatic carbocycles. The number of hydrogen-bond donors (Lipinski definition) is 1. The molecule has 3 rings (SSSR count). The van der Waals surface area contributed by atoms with Crippen molar-refractivity contribution >= 4 is 0 Å². The Morgan fingerprint density at radius 1 is 1.00 bits per heavy atom. The molecular formula is C28H48O5. The first-order valence-corrected chi connectivity index (χ1v) is 13.1. The fraction of sp³-hybridized carbons (Fsp3) is 0.929. The van der Waals surface area contributed by atoms with Crippen LogP contribution in [0, 0.1) is 52.3 Å². The van der Waals surface area contributed by atoms with Crippen molar-refractivity contribution in [1.29, 1.82) is 0 Å². The molecule has 3 fully saturated rings. The van der Waals surface area contributed by atoms with Gasteiger partial charge in [-0.25, -0.2) is 0 Å². The lowest BCUT2D eigenvalue weighted by molar-refractivity contribution is -0.182. The van der Waals surface area contributed by atoms with Crippen molar-refractivity contribution in [2.75, 3.05) is 34.4 Å². The Bertz CT molecular complexity index is 669. The average molecular weight is 465 g/mol. The van der Waals surface area contributed by atoms with Gasteiger partial charge in [-0.3, -0.25) is 0 Å². The summed E-state index contributed by atoms with van der Waals surface area (Å²) in [4.78, 5) is 0. The van der Waals surface area contributed by atoms with E-state index in [1.807, 2.05) is 0 Å². The highest BCUT2D eigenvalue weighted by atomic mass is 16.7. The Morgan fingerprint density at radius 3 is 2.42 bits per heavy atom. The first-order valence-electron chi connectivity index (χ1n) is 13.1.